The van der Waals surface area contributed by atoms with Crippen LogP contribution < -0.4 is 0 Å². The fraction of sp³-hybridized carbons (Fsp3) is 0.0667. The van der Waals surface area contributed by atoms with Gasteiger partial charge in [0.2, 0.25) is 0 Å². The van der Waals surface area contributed by atoms with E-state index in [1.54, 1.807) is 12.1 Å². The number of hydrogen-bond acceptors (Lipinski definition) is 2. The molecule has 0 aromatic heterocycles. The molecule has 0 atom stereocenters. The Kier molecular flexibility index (Phi) is 1.99. The van der Waals surface area contributed by atoms with Crippen molar-refractivity contribution in [2.45, 2.75) is 6.92 Å². The summed E-state index contributed by atoms with van der Waals surface area (Å²) in [7, 11) is 0. The molecule has 0 radical (unpaired) electrons. The molecule has 0 heterocycles. The van der Waals surface area contributed by atoms with Gasteiger partial charge in [-0.15, -0.1) is 0 Å². The highest BCUT2D eigenvalue weighted by Gasteiger charge is 2.07. The zero-order valence-electron chi connectivity index (χ0n) is 9.44. The Balaban J connectivity index is 2.53. The standard InChI is InChI=1S/C15H12O2/c1-9-2-3-10-7-11-4-5-12(16)8-14(11)15(17)13(10)6-9/h2-8,16-17H,1H3. The van der Waals surface area contributed by atoms with Gasteiger partial charge in [0, 0.05) is 10.8 Å². The van der Waals surface area contributed by atoms with Crippen molar-refractivity contribution in [1.29, 1.82) is 0 Å². The second kappa shape index (κ2) is 3.39. The topological polar surface area (TPSA) is 40.5 Å². The zero-order chi connectivity index (χ0) is 12.0. The molecule has 0 aliphatic heterocycles. The van der Waals surface area contributed by atoms with Crippen LogP contribution in [0.2, 0.25) is 0 Å². The van der Waals surface area contributed by atoms with Gasteiger partial charge in [0.1, 0.15) is 11.5 Å². The summed E-state index contributed by atoms with van der Waals surface area (Å²) >= 11 is 0. The van der Waals surface area contributed by atoms with Crippen molar-refractivity contribution in [2.75, 3.05) is 0 Å². The number of phenols is 2. The normalized spacial score (nSPS) is 11.1. The van der Waals surface area contributed by atoms with Crippen LogP contribution in [0.15, 0.2) is 42.5 Å². The van der Waals surface area contributed by atoms with E-state index < -0.39 is 0 Å². The monoisotopic (exact) mass is 224 g/mol. The van der Waals surface area contributed by atoms with Crippen LogP contribution in [0.3, 0.4) is 0 Å². The van der Waals surface area contributed by atoms with E-state index in [-0.39, 0.29) is 11.5 Å². The summed E-state index contributed by atoms with van der Waals surface area (Å²) < 4.78 is 0. The third kappa shape index (κ3) is 1.49. The summed E-state index contributed by atoms with van der Waals surface area (Å²) in [5, 5.41) is 23.2. The van der Waals surface area contributed by atoms with Crippen molar-refractivity contribution in [1.82, 2.24) is 0 Å². The molecule has 2 heteroatoms. The number of hydrogen-bond donors (Lipinski definition) is 2. The molecule has 0 saturated carbocycles. The summed E-state index contributed by atoms with van der Waals surface area (Å²) in [5.41, 5.74) is 1.10. The van der Waals surface area contributed by atoms with Gasteiger partial charge in [0.15, 0.2) is 0 Å². The molecule has 0 fully saturated rings. The molecule has 0 aliphatic carbocycles. The van der Waals surface area contributed by atoms with Crippen molar-refractivity contribution in [3.63, 3.8) is 0 Å². The molecule has 3 rings (SSSR count). The van der Waals surface area contributed by atoms with Gasteiger partial charge >= 0.3 is 0 Å². The van der Waals surface area contributed by atoms with Crippen molar-refractivity contribution in [2.24, 2.45) is 0 Å². The third-order valence-corrected chi connectivity index (χ3v) is 3.07. The molecule has 3 aromatic rings. The molecule has 0 spiro atoms. The number of benzene rings is 3. The maximum Gasteiger partial charge on any atom is 0.131 e. The van der Waals surface area contributed by atoms with Crippen LogP contribution in [0.1, 0.15) is 5.56 Å². The molecular formula is C15H12O2. The quantitative estimate of drug-likeness (QED) is 0.571. The minimum absolute atomic E-state index is 0.166. The lowest BCUT2D eigenvalue weighted by atomic mass is 10.0. The summed E-state index contributed by atoms with van der Waals surface area (Å²) in [6.45, 7) is 1.99. The Morgan fingerprint density at radius 1 is 0.765 bits per heavy atom. The van der Waals surface area contributed by atoms with Crippen LogP contribution >= 0.6 is 0 Å². The lowest BCUT2D eigenvalue weighted by Gasteiger charge is -2.07. The van der Waals surface area contributed by atoms with E-state index in [0.29, 0.717) is 5.39 Å². The Labute approximate surface area is 98.7 Å². The van der Waals surface area contributed by atoms with Gasteiger partial charge < -0.3 is 10.2 Å². The van der Waals surface area contributed by atoms with Gasteiger partial charge in [-0.1, -0.05) is 23.8 Å². The zero-order valence-corrected chi connectivity index (χ0v) is 9.44. The first-order valence-electron chi connectivity index (χ1n) is 5.50. The fourth-order valence-electron chi connectivity index (χ4n) is 2.19. The average Bonchev–Trinajstić information content (AvgIpc) is 2.32. The molecule has 0 saturated heterocycles. The van der Waals surface area contributed by atoms with Crippen LogP contribution in [0.4, 0.5) is 0 Å². The number of phenolic OH excluding ortho intramolecular Hbond substituents is 2. The third-order valence-electron chi connectivity index (χ3n) is 3.07. The highest BCUT2D eigenvalue weighted by molar-refractivity contribution is 6.05. The highest BCUT2D eigenvalue weighted by atomic mass is 16.3. The first-order chi connectivity index (χ1) is 8.15. The van der Waals surface area contributed by atoms with Crippen LogP contribution in [0, 0.1) is 6.92 Å². The van der Waals surface area contributed by atoms with Gasteiger partial charge in [-0.25, -0.2) is 0 Å². The number of aromatic hydroxyl groups is 2. The highest BCUT2D eigenvalue weighted by Crippen LogP contribution is 2.35. The maximum absolute atomic E-state index is 10.2. The number of rotatable bonds is 0. The van der Waals surface area contributed by atoms with Crippen molar-refractivity contribution in [3.8, 4) is 11.5 Å². The fourth-order valence-corrected chi connectivity index (χ4v) is 2.19. The van der Waals surface area contributed by atoms with E-state index >= 15 is 0 Å². The number of aryl methyl sites for hydroxylation is 1. The van der Waals surface area contributed by atoms with Crippen molar-refractivity contribution >= 4 is 21.5 Å². The van der Waals surface area contributed by atoms with E-state index in [2.05, 4.69) is 0 Å². The summed E-state index contributed by atoms with van der Waals surface area (Å²) in [6.07, 6.45) is 0. The molecule has 0 bridgehead atoms. The SMILES string of the molecule is Cc1ccc2cc3ccc(O)cc3c(O)c2c1. The van der Waals surface area contributed by atoms with E-state index in [9.17, 15) is 10.2 Å². The molecule has 2 N–H and O–H groups in total. The lowest BCUT2D eigenvalue weighted by molar-refractivity contribution is 0.473. The first-order valence-corrected chi connectivity index (χ1v) is 5.50. The van der Waals surface area contributed by atoms with E-state index in [1.165, 1.54) is 0 Å². The van der Waals surface area contributed by atoms with Gasteiger partial charge in [-0.2, -0.15) is 0 Å². The predicted octanol–water partition coefficient (Wildman–Crippen LogP) is 3.71. The van der Waals surface area contributed by atoms with E-state index in [4.69, 9.17) is 0 Å². The minimum atomic E-state index is 0.166. The molecule has 0 unspecified atom stereocenters. The average molecular weight is 224 g/mol. The Morgan fingerprint density at radius 2 is 1.41 bits per heavy atom. The van der Waals surface area contributed by atoms with Gasteiger partial charge in [0.05, 0.1) is 0 Å². The Morgan fingerprint density at radius 3 is 2.18 bits per heavy atom. The van der Waals surface area contributed by atoms with Crippen LogP contribution in [0.25, 0.3) is 21.5 Å². The molecule has 0 aliphatic rings. The first kappa shape index (κ1) is 9.97. The van der Waals surface area contributed by atoms with E-state index in [0.717, 1.165) is 21.7 Å². The molecule has 84 valence electrons. The molecule has 3 aromatic carbocycles. The van der Waals surface area contributed by atoms with E-state index in [1.807, 2.05) is 37.3 Å². The van der Waals surface area contributed by atoms with Crippen LogP contribution in [-0.4, -0.2) is 10.2 Å². The van der Waals surface area contributed by atoms with Gasteiger partial charge in [-0.3, -0.25) is 0 Å². The summed E-state index contributed by atoms with van der Waals surface area (Å²) in [5.74, 6) is 0.400. The lowest BCUT2D eigenvalue weighted by Crippen LogP contribution is -1.80. The minimum Gasteiger partial charge on any atom is -0.508 e. The van der Waals surface area contributed by atoms with Gasteiger partial charge in [-0.05, 0) is 42.0 Å². The van der Waals surface area contributed by atoms with Crippen LogP contribution in [-0.2, 0) is 0 Å². The van der Waals surface area contributed by atoms with Crippen molar-refractivity contribution < 1.29 is 10.2 Å². The summed E-state index contributed by atoms with van der Waals surface area (Å²) in [4.78, 5) is 0. The molecule has 0 amide bonds. The second-order valence-corrected chi connectivity index (χ2v) is 4.36. The smallest absolute Gasteiger partial charge is 0.131 e. The molecular weight excluding hydrogens is 212 g/mol. The summed E-state index contributed by atoms with van der Waals surface area (Å²) in [6, 6.07) is 13.0. The van der Waals surface area contributed by atoms with Crippen molar-refractivity contribution in [3.05, 3.63) is 48.0 Å². The van der Waals surface area contributed by atoms with Gasteiger partial charge in [0.25, 0.3) is 0 Å². The maximum atomic E-state index is 10.2. The molecule has 2 nitrogen and oxygen atoms in total. The predicted molar refractivity (Wildman–Crippen MR) is 69.5 cm³/mol. The number of fused-ring (bicyclic) bond motifs is 2. The second-order valence-electron chi connectivity index (χ2n) is 4.36. The molecule has 17 heavy (non-hydrogen) atoms. The Bertz CT molecular complexity index is 670. The van der Waals surface area contributed by atoms with Crippen LogP contribution in [0.5, 0.6) is 11.5 Å². The Hall–Kier alpha value is -2.22. The largest absolute Gasteiger partial charge is 0.508 e.